The van der Waals surface area contributed by atoms with E-state index in [2.05, 4.69) is 15.3 Å². The maximum Gasteiger partial charge on any atom is 0.259 e. The van der Waals surface area contributed by atoms with Gasteiger partial charge in [-0.05, 0) is 23.4 Å². The van der Waals surface area contributed by atoms with Gasteiger partial charge >= 0.3 is 0 Å². The predicted molar refractivity (Wildman–Crippen MR) is 107 cm³/mol. The van der Waals surface area contributed by atoms with Crippen molar-refractivity contribution in [1.29, 1.82) is 0 Å². The highest BCUT2D eigenvalue weighted by molar-refractivity contribution is 6.50. The zero-order valence-electron chi connectivity index (χ0n) is 14.9. The van der Waals surface area contributed by atoms with Crippen molar-refractivity contribution in [2.75, 3.05) is 6.61 Å². The zero-order chi connectivity index (χ0) is 19.3. The summed E-state index contributed by atoms with van der Waals surface area (Å²) < 4.78 is 0. The summed E-state index contributed by atoms with van der Waals surface area (Å²) in [5.41, 5.74) is 4.75. The fourth-order valence-corrected chi connectivity index (χ4v) is 4.02. The van der Waals surface area contributed by atoms with Gasteiger partial charge in [0.2, 0.25) is 0 Å². The molecule has 2 aromatic carbocycles. The third-order valence-corrected chi connectivity index (χ3v) is 5.24. The molecule has 0 spiro atoms. The minimum atomic E-state index is -0.406. The summed E-state index contributed by atoms with van der Waals surface area (Å²) in [4.78, 5) is 31.8. The number of nitrogens with one attached hydrogen (secondary N) is 3. The number of amides is 2. The second-order valence-electron chi connectivity index (χ2n) is 6.80. The first-order valence-corrected chi connectivity index (χ1v) is 9.05. The largest absolute Gasteiger partial charge is 0.396 e. The first-order chi connectivity index (χ1) is 13.7. The molecule has 6 nitrogen and oxygen atoms in total. The molecule has 0 atom stereocenters. The lowest BCUT2D eigenvalue weighted by atomic mass is 9.94. The molecular weight excluding hydrogens is 354 g/mol. The van der Waals surface area contributed by atoms with Crippen molar-refractivity contribution < 1.29 is 14.7 Å². The van der Waals surface area contributed by atoms with Crippen molar-refractivity contribution in [3.05, 3.63) is 71.5 Å². The van der Waals surface area contributed by atoms with Crippen molar-refractivity contribution in [3.8, 4) is 0 Å². The predicted octanol–water partition coefficient (Wildman–Crippen LogP) is 2.75. The third kappa shape index (κ3) is 2.32. The molecule has 2 amide bonds. The normalized spacial score (nSPS) is 14.5. The average Bonchev–Trinajstić information content (AvgIpc) is 3.39. The molecule has 6 heteroatoms. The SMILES string of the molecule is O=C1NC(=O)C(c2cccc3cc[nH]c23)=C1c1c[nH]c2c(CCO)cccc12. The number of hydrogen-bond donors (Lipinski definition) is 4. The molecule has 0 unspecified atom stereocenters. The van der Waals surface area contributed by atoms with Crippen LogP contribution in [0.4, 0.5) is 0 Å². The number of rotatable bonds is 4. The number of carbonyl (C=O) groups is 2. The number of imide groups is 1. The Hall–Kier alpha value is -3.64. The van der Waals surface area contributed by atoms with Crippen LogP contribution in [0.5, 0.6) is 0 Å². The Morgan fingerprint density at radius 1 is 0.821 bits per heavy atom. The van der Waals surface area contributed by atoms with E-state index in [0.29, 0.717) is 28.7 Å². The summed E-state index contributed by atoms with van der Waals surface area (Å²) in [5, 5.41) is 13.6. The number of para-hydroxylation sites is 2. The van der Waals surface area contributed by atoms with Crippen LogP contribution in [0.1, 0.15) is 16.7 Å². The van der Waals surface area contributed by atoms with Gasteiger partial charge < -0.3 is 15.1 Å². The average molecular weight is 371 g/mol. The van der Waals surface area contributed by atoms with Gasteiger partial charge in [-0.1, -0.05) is 36.4 Å². The number of aliphatic hydroxyl groups is 1. The fourth-order valence-electron chi connectivity index (χ4n) is 4.02. The molecule has 2 aromatic heterocycles. The van der Waals surface area contributed by atoms with E-state index in [1.165, 1.54) is 0 Å². The molecule has 0 saturated carbocycles. The van der Waals surface area contributed by atoms with Gasteiger partial charge in [0.15, 0.2) is 0 Å². The Morgan fingerprint density at radius 2 is 1.61 bits per heavy atom. The van der Waals surface area contributed by atoms with E-state index >= 15 is 0 Å². The molecule has 4 aromatic rings. The van der Waals surface area contributed by atoms with Gasteiger partial charge in [-0.25, -0.2) is 0 Å². The van der Waals surface area contributed by atoms with Gasteiger partial charge in [-0.2, -0.15) is 0 Å². The molecule has 1 aliphatic heterocycles. The summed E-state index contributed by atoms with van der Waals surface area (Å²) >= 11 is 0. The lowest BCUT2D eigenvalue weighted by molar-refractivity contribution is -0.122. The Labute approximate surface area is 159 Å². The van der Waals surface area contributed by atoms with Crippen LogP contribution in [0.15, 0.2) is 54.9 Å². The number of aliphatic hydroxyl groups excluding tert-OH is 1. The van der Waals surface area contributed by atoms with Crippen LogP contribution in [0, 0.1) is 0 Å². The highest BCUT2D eigenvalue weighted by Crippen LogP contribution is 2.37. The summed E-state index contributed by atoms with van der Waals surface area (Å²) in [7, 11) is 0. The van der Waals surface area contributed by atoms with Crippen molar-refractivity contribution >= 4 is 44.8 Å². The summed E-state index contributed by atoms with van der Waals surface area (Å²) in [5.74, 6) is -0.806. The van der Waals surface area contributed by atoms with E-state index in [0.717, 1.165) is 27.4 Å². The smallest absolute Gasteiger partial charge is 0.259 e. The summed E-state index contributed by atoms with van der Waals surface area (Å²) in [6, 6.07) is 13.4. The van der Waals surface area contributed by atoms with Crippen molar-refractivity contribution in [1.82, 2.24) is 15.3 Å². The number of hydrogen-bond acceptors (Lipinski definition) is 3. The Bertz CT molecular complexity index is 1290. The molecule has 5 rings (SSSR count). The van der Waals surface area contributed by atoms with Gasteiger partial charge in [-0.3, -0.25) is 14.9 Å². The molecule has 0 aliphatic carbocycles. The van der Waals surface area contributed by atoms with Crippen molar-refractivity contribution in [3.63, 3.8) is 0 Å². The number of H-pyrrole nitrogens is 2. The summed E-state index contributed by atoms with van der Waals surface area (Å²) in [6.07, 6.45) is 4.08. The Kier molecular flexibility index (Phi) is 3.67. The maximum absolute atomic E-state index is 12.7. The number of aromatic nitrogens is 2. The van der Waals surface area contributed by atoms with E-state index in [9.17, 15) is 14.7 Å². The van der Waals surface area contributed by atoms with E-state index in [1.54, 1.807) is 6.20 Å². The Morgan fingerprint density at radius 3 is 2.43 bits per heavy atom. The standard InChI is InChI=1S/C22H17N3O3/c26-10-8-13-4-1-5-14-16(11-24-19(13)14)18-17(21(27)25-22(18)28)15-6-2-3-12-7-9-23-20(12)15/h1-7,9,11,23-24,26H,8,10H2,(H,25,27,28). The molecule has 0 bridgehead atoms. The molecule has 0 saturated heterocycles. The maximum atomic E-state index is 12.7. The molecule has 3 heterocycles. The summed E-state index contributed by atoms with van der Waals surface area (Å²) in [6.45, 7) is 0.0369. The van der Waals surface area contributed by atoms with Crippen LogP contribution in [0.25, 0.3) is 33.0 Å². The highest BCUT2D eigenvalue weighted by atomic mass is 16.3. The lowest BCUT2D eigenvalue weighted by Gasteiger charge is -2.06. The third-order valence-electron chi connectivity index (χ3n) is 5.24. The fraction of sp³-hybridized carbons (Fsp3) is 0.0909. The van der Waals surface area contributed by atoms with Gasteiger partial charge in [0, 0.05) is 41.0 Å². The van der Waals surface area contributed by atoms with Gasteiger partial charge in [-0.15, -0.1) is 0 Å². The van der Waals surface area contributed by atoms with Crippen LogP contribution >= 0.6 is 0 Å². The molecule has 0 fully saturated rings. The van der Waals surface area contributed by atoms with Crippen molar-refractivity contribution in [2.24, 2.45) is 0 Å². The highest BCUT2D eigenvalue weighted by Gasteiger charge is 2.34. The van der Waals surface area contributed by atoms with E-state index < -0.39 is 11.8 Å². The molecule has 138 valence electrons. The van der Waals surface area contributed by atoms with Gasteiger partial charge in [0.05, 0.1) is 16.7 Å². The van der Waals surface area contributed by atoms with Crippen molar-refractivity contribution in [2.45, 2.75) is 6.42 Å². The van der Waals surface area contributed by atoms with Crippen LogP contribution in [0.3, 0.4) is 0 Å². The second-order valence-corrected chi connectivity index (χ2v) is 6.80. The van der Waals surface area contributed by atoms with E-state index in [1.807, 2.05) is 48.7 Å². The van der Waals surface area contributed by atoms with E-state index in [-0.39, 0.29) is 6.61 Å². The molecule has 4 N–H and O–H groups in total. The van der Waals surface area contributed by atoms with Gasteiger partial charge in [0.25, 0.3) is 11.8 Å². The number of aromatic amines is 2. The zero-order valence-corrected chi connectivity index (χ0v) is 14.9. The monoisotopic (exact) mass is 371 g/mol. The minimum Gasteiger partial charge on any atom is -0.396 e. The van der Waals surface area contributed by atoms with Crippen LogP contribution < -0.4 is 5.32 Å². The molecule has 0 radical (unpaired) electrons. The first kappa shape index (κ1) is 16.5. The minimum absolute atomic E-state index is 0.0369. The van der Waals surface area contributed by atoms with Crippen LogP contribution in [-0.4, -0.2) is 33.5 Å². The van der Waals surface area contributed by atoms with Crippen LogP contribution in [-0.2, 0) is 16.0 Å². The van der Waals surface area contributed by atoms with E-state index in [4.69, 9.17) is 0 Å². The number of benzene rings is 2. The topological polar surface area (TPSA) is 98.0 Å². The molecular formula is C22H17N3O3. The number of fused-ring (bicyclic) bond motifs is 2. The Balaban J connectivity index is 1.81. The molecule has 28 heavy (non-hydrogen) atoms. The quantitative estimate of drug-likeness (QED) is 0.415. The molecule has 1 aliphatic rings. The second kappa shape index (κ2) is 6.21. The van der Waals surface area contributed by atoms with Gasteiger partial charge in [0.1, 0.15) is 0 Å². The first-order valence-electron chi connectivity index (χ1n) is 9.05. The number of carbonyl (C=O) groups excluding carboxylic acids is 2. The van der Waals surface area contributed by atoms with Crippen LogP contribution in [0.2, 0.25) is 0 Å². The lowest BCUT2D eigenvalue weighted by Crippen LogP contribution is -2.22.